The number of morpholine rings is 1. The van der Waals surface area contributed by atoms with E-state index in [-0.39, 0.29) is 51.1 Å². The molecule has 1 fully saturated rings. The number of nitrogens with one attached hydrogen (secondary N) is 1. The van der Waals surface area contributed by atoms with E-state index in [9.17, 15) is 22.0 Å². The SMILES string of the molecule is CC1CN(S(=O)(=O)c2ccc(C(=O)Nc3nc4c(F)cc(F)cc4s3)cc2)CC(C)O1. The van der Waals surface area contributed by atoms with Gasteiger partial charge in [0.25, 0.3) is 5.91 Å². The molecule has 3 aromatic rings. The topological polar surface area (TPSA) is 88.6 Å². The number of hydrogen-bond donors (Lipinski definition) is 1. The monoisotopic (exact) mass is 467 g/mol. The molecule has 1 amide bonds. The number of anilines is 1. The van der Waals surface area contributed by atoms with Gasteiger partial charge in [-0.1, -0.05) is 11.3 Å². The van der Waals surface area contributed by atoms with Crippen LogP contribution in [0.15, 0.2) is 41.3 Å². The van der Waals surface area contributed by atoms with Gasteiger partial charge in [-0.05, 0) is 44.2 Å². The van der Waals surface area contributed by atoms with Gasteiger partial charge >= 0.3 is 0 Å². The number of sulfonamides is 1. The number of carbonyl (C=O) groups is 1. The van der Waals surface area contributed by atoms with E-state index in [1.54, 1.807) is 0 Å². The van der Waals surface area contributed by atoms with Gasteiger partial charge in [-0.25, -0.2) is 22.2 Å². The third kappa shape index (κ3) is 4.45. The molecule has 1 saturated heterocycles. The van der Waals surface area contributed by atoms with E-state index in [1.807, 2.05) is 13.8 Å². The molecule has 2 heterocycles. The second-order valence-electron chi connectivity index (χ2n) is 7.31. The number of rotatable bonds is 4. The van der Waals surface area contributed by atoms with Gasteiger partial charge < -0.3 is 4.74 Å². The van der Waals surface area contributed by atoms with Crippen LogP contribution in [0.25, 0.3) is 10.2 Å². The summed E-state index contributed by atoms with van der Waals surface area (Å²) in [5.74, 6) is -2.09. The summed E-state index contributed by atoms with van der Waals surface area (Å²) in [6, 6.07) is 7.37. The Morgan fingerprint density at radius 2 is 1.81 bits per heavy atom. The fourth-order valence-corrected chi connectivity index (χ4v) is 5.93. The third-order valence-corrected chi connectivity index (χ3v) is 7.54. The normalized spacial score (nSPS) is 20.1. The molecule has 1 aliphatic rings. The van der Waals surface area contributed by atoms with Gasteiger partial charge in [-0.3, -0.25) is 10.1 Å². The average molecular weight is 468 g/mol. The van der Waals surface area contributed by atoms with Gasteiger partial charge in [-0.2, -0.15) is 4.31 Å². The summed E-state index contributed by atoms with van der Waals surface area (Å²) >= 11 is 0.938. The molecular weight excluding hydrogens is 448 g/mol. The summed E-state index contributed by atoms with van der Waals surface area (Å²) in [7, 11) is -3.72. The van der Waals surface area contributed by atoms with Crippen LogP contribution in [0.3, 0.4) is 0 Å². The Morgan fingerprint density at radius 1 is 1.16 bits per heavy atom. The Hall–Kier alpha value is -2.47. The maximum Gasteiger partial charge on any atom is 0.257 e. The first-order valence-electron chi connectivity index (χ1n) is 9.46. The summed E-state index contributed by atoms with van der Waals surface area (Å²) in [5, 5.41) is 2.64. The van der Waals surface area contributed by atoms with Crippen molar-refractivity contribution in [2.24, 2.45) is 0 Å². The van der Waals surface area contributed by atoms with Crippen molar-refractivity contribution in [2.75, 3.05) is 18.4 Å². The van der Waals surface area contributed by atoms with E-state index in [0.29, 0.717) is 0 Å². The van der Waals surface area contributed by atoms with Crippen LogP contribution < -0.4 is 5.32 Å². The van der Waals surface area contributed by atoms with Gasteiger partial charge in [0.2, 0.25) is 10.0 Å². The molecule has 0 radical (unpaired) electrons. The zero-order chi connectivity index (χ0) is 22.3. The van der Waals surface area contributed by atoms with Crippen LogP contribution >= 0.6 is 11.3 Å². The minimum Gasteiger partial charge on any atom is -0.373 e. The number of carbonyl (C=O) groups excluding carboxylic acids is 1. The lowest BCUT2D eigenvalue weighted by atomic mass is 10.2. The van der Waals surface area contributed by atoms with Crippen molar-refractivity contribution in [1.82, 2.24) is 9.29 Å². The van der Waals surface area contributed by atoms with Crippen LogP contribution in [0.1, 0.15) is 24.2 Å². The predicted molar refractivity (Wildman–Crippen MR) is 113 cm³/mol. The minimum absolute atomic E-state index is 0.0305. The van der Waals surface area contributed by atoms with E-state index in [1.165, 1.54) is 28.6 Å². The molecule has 1 aliphatic heterocycles. The Balaban J connectivity index is 1.51. The molecule has 2 aromatic carbocycles. The molecule has 7 nitrogen and oxygen atoms in total. The lowest BCUT2D eigenvalue weighted by Crippen LogP contribution is -2.48. The van der Waals surface area contributed by atoms with Crippen molar-refractivity contribution < 1.29 is 26.7 Å². The molecule has 164 valence electrons. The number of hydrogen-bond acceptors (Lipinski definition) is 6. The van der Waals surface area contributed by atoms with Crippen molar-refractivity contribution >= 4 is 42.6 Å². The van der Waals surface area contributed by atoms with Crippen molar-refractivity contribution in [1.29, 1.82) is 0 Å². The fourth-order valence-electron chi connectivity index (χ4n) is 3.43. The van der Waals surface area contributed by atoms with Crippen LogP contribution in [0.2, 0.25) is 0 Å². The zero-order valence-corrected chi connectivity index (χ0v) is 18.3. The second kappa shape index (κ2) is 8.23. The summed E-state index contributed by atoms with van der Waals surface area (Å²) < 4.78 is 60.2. The van der Waals surface area contributed by atoms with Crippen LogP contribution in [-0.2, 0) is 14.8 Å². The molecule has 1 aromatic heterocycles. The van der Waals surface area contributed by atoms with Crippen LogP contribution in [-0.4, -0.2) is 48.9 Å². The zero-order valence-electron chi connectivity index (χ0n) is 16.6. The van der Waals surface area contributed by atoms with Crippen molar-refractivity contribution in [3.63, 3.8) is 0 Å². The lowest BCUT2D eigenvalue weighted by Gasteiger charge is -2.34. The van der Waals surface area contributed by atoms with E-state index < -0.39 is 27.6 Å². The van der Waals surface area contributed by atoms with Crippen LogP contribution in [0, 0.1) is 11.6 Å². The number of ether oxygens (including phenoxy) is 1. The molecular formula is C20H19F2N3O4S2. The van der Waals surface area contributed by atoms with Crippen LogP contribution in [0.4, 0.5) is 13.9 Å². The first-order chi connectivity index (χ1) is 14.6. The molecule has 1 N–H and O–H groups in total. The van der Waals surface area contributed by atoms with Crippen molar-refractivity contribution in [2.45, 2.75) is 31.0 Å². The van der Waals surface area contributed by atoms with E-state index >= 15 is 0 Å². The molecule has 11 heteroatoms. The Morgan fingerprint density at radius 3 is 2.45 bits per heavy atom. The Bertz CT molecular complexity index is 1240. The fraction of sp³-hybridized carbons (Fsp3) is 0.300. The lowest BCUT2D eigenvalue weighted by molar-refractivity contribution is -0.0440. The predicted octanol–water partition coefficient (Wildman–Crippen LogP) is 3.62. The summed E-state index contributed by atoms with van der Waals surface area (Å²) in [6.45, 7) is 4.13. The van der Waals surface area contributed by atoms with E-state index in [2.05, 4.69) is 10.3 Å². The number of thiazole rings is 1. The van der Waals surface area contributed by atoms with Gasteiger partial charge in [0.1, 0.15) is 11.3 Å². The van der Waals surface area contributed by atoms with Gasteiger partial charge in [0.05, 0.1) is 21.8 Å². The van der Waals surface area contributed by atoms with E-state index in [4.69, 9.17) is 4.74 Å². The smallest absolute Gasteiger partial charge is 0.257 e. The molecule has 0 bridgehead atoms. The third-order valence-electron chi connectivity index (χ3n) is 4.77. The maximum atomic E-state index is 13.8. The highest BCUT2D eigenvalue weighted by atomic mass is 32.2. The summed E-state index contributed by atoms with van der Waals surface area (Å²) in [5.41, 5.74) is 0.172. The van der Waals surface area contributed by atoms with Crippen molar-refractivity contribution in [3.05, 3.63) is 53.6 Å². The molecule has 2 atom stereocenters. The van der Waals surface area contributed by atoms with Gasteiger partial charge in [0, 0.05) is 24.7 Å². The number of halogens is 2. The number of benzene rings is 2. The quantitative estimate of drug-likeness (QED) is 0.633. The number of fused-ring (bicyclic) bond motifs is 1. The van der Waals surface area contributed by atoms with Crippen molar-refractivity contribution in [3.8, 4) is 0 Å². The van der Waals surface area contributed by atoms with Gasteiger partial charge in [-0.15, -0.1) is 0 Å². The largest absolute Gasteiger partial charge is 0.373 e. The standard InChI is InChI=1S/C20H19F2N3O4S2/c1-11-9-25(10-12(2)29-11)31(27,28)15-5-3-13(4-6-15)19(26)24-20-23-18-16(22)7-14(21)8-17(18)30-20/h3-8,11-12H,9-10H2,1-2H3,(H,23,24,26). The highest BCUT2D eigenvalue weighted by Crippen LogP contribution is 2.29. The molecule has 0 spiro atoms. The molecule has 0 aliphatic carbocycles. The molecule has 0 saturated carbocycles. The minimum atomic E-state index is -3.72. The average Bonchev–Trinajstić information content (AvgIpc) is 3.10. The Kier molecular flexibility index (Phi) is 5.77. The molecule has 31 heavy (non-hydrogen) atoms. The number of amides is 1. The highest BCUT2D eigenvalue weighted by Gasteiger charge is 2.32. The first kappa shape index (κ1) is 21.8. The maximum absolute atomic E-state index is 13.8. The van der Waals surface area contributed by atoms with E-state index in [0.717, 1.165) is 23.5 Å². The highest BCUT2D eigenvalue weighted by molar-refractivity contribution is 7.89. The number of nitrogens with zero attached hydrogens (tertiary/aromatic N) is 2. The molecule has 2 unspecified atom stereocenters. The van der Waals surface area contributed by atoms with Gasteiger partial charge in [0.15, 0.2) is 10.9 Å². The summed E-state index contributed by atoms with van der Waals surface area (Å²) in [4.78, 5) is 16.6. The Labute approximate surface area is 181 Å². The first-order valence-corrected chi connectivity index (χ1v) is 11.7. The second-order valence-corrected chi connectivity index (χ2v) is 10.3. The number of aromatic nitrogens is 1. The summed E-state index contributed by atoms with van der Waals surface area (Å²) in [6.07, 6.45) is -0.425. The molecule has 4 rings (SSSR count). The van der Waals surface area contributed by atoms with Crippen LogP contribution in [0.5, 0.6) is 0 Å².